The van der Waals surface area contributed by atoms with Crippen LogP contribution in [0.1, 0.15) is 40.2 Å². The zero-order valence-electron chi connectivity index (χ0n) is 29.3. The number of anilines is 3. The van der Waals surface area contributed by atoms with E-state index in [0.717, 1.165) is 11.8 Å². The summed E-state index contributed by atoms with van der Waals surface area (Å²) in [5.41, 5.74) is 0.598. The Labute approximate surface area is 290 Å². The van der Waals surface area contributed by atoms with Crippen molar-refractivity contribution < 1.29 is 37.3 Å². The first-order valence-electron chi connectivity index (χ1n) is 16.2. The summed E-state index contributed by atoms with van der Waals surface area (Å²) < 4.78 is 58.8. The Balaban J connectivity index is 1.30. The van der Waals surface area contributed by atoms with Crippen LogP contribution in [0.2, 0.25) is 0 Å². The predicted octanol–water partition coefficient (Wildman–Crippen LogP) is 6.20. The fourth-order valence-electron chi connectivity index (χ4n) is 5.65. The van der Waals surface area contributed by atoms with Gasteiger partial charge in [0.2, 0.25) is 5.95 Å². The molecule has 2 aromatic heterocycles. The highest BCUT2D eigenvalue weighted by molar-refractivity contribution is 5.71. The molecule has 3 heterocycles. The summed E-state index contributed by atoms with van der Waals surface area (Å²) >= 11 is 0. The van der Waals surface area contributed by atoms with E-state index in [1.165, 1.54) is 26.6 Å². The van der Waals surface area contributed by atoms with Crippen LogP contribution < -0.4 is 29.2 Å². The third-order valence-electron chi connectivity index (χ3n) is 7.89. The van der Waals surface area contributed by atoms with Crippen molar-refractivity contribution >= 4 is 23.4 Å². The fraction of sp³-hybridized carbons (Fsp3) is 0.429. The number of rotatable bonds is 12. The highest BCUT2D eigenvalue weighted by Gasteiger charge is 2.36. The maximum Gasteiger partial charge on any atom is 0.410 e. The number of piperazine rings is 1. The highest BCUT2D eigenvalue weighted by Crippen LogP contribution is 2.36. The lowest BCUT2D eigenvalue weighted by Crippen LogP contribution is -2.59. The smallest absolute Gasteiger partial charge is 0.410 e. The van der Waals surface area contributed by atoms with E-state index < -0.39 is 23.8 Å². The molecule has 15 heteroatoms. The third-order valence-corrected chi connectivity index (χ3v) is 7.89. The van der Waals surface area contributed by atoms with Crippen LogP contribution in [0.3, 0.4) is 0 Å². The van der Waals surface area contributed by atoms with E-state index in [4.69, 9.17) is 23.7 Å². The number of halogens is 2. The molecule has 5 rings (SSSR count). The first kappa shape index (κ1) is 36.0. The lowest BCUT2D eigenvalue weighted by Gasteiger charge is -2.45. The van der Waals surface area contributed by atoms with Crippen LogP contribution in [-0.4, -0.2) is 82.3 Å². The van der Waals surface area contributed by atoms with Crippen molar-refractivity contribution in [1.29, 1.82) is 0 Å². The maximum atomic E-state index is 14.7. The molecule has 0 bridgehead atoms. The molecule has 1 aliphatic rings. The lowest BCUT2D eigenvalue weighted by atomic mass is 10.1. The quantitative estimate of drug-likeness (QED) is 0.182. The monoisotopic (exact) mass is 695 g/mol. The SMILES string of the molecule is COc1cc(OC)c(F)c(COc2cnc(Nc3ccc(N4C[C@@H](C)N(C(=O)OC(C)(C)C)[C@@H](C)C4)c(OCCn4cccn4)c3)nc2)c1F. The van der Waals surface area contributed by atoms with E-state index in [-0.39, 0.29) is 46.9 Å². The molecule has 0 spiro atoms. The summed E-state index contributed by atoms with van der Waals surface area (Å²) in [4.78, 5) is 25.6. The van der Waals surface area contributed by atoms with Gasteiger partial charge in [-0.05, 0) is 52.8 Å². The van der Waals surface area contributed by atoms with Crippen molar-refractivity contribution in [2.45, 2.75) is 65.5 Å². The summed E-state index contributed by atoms with van der Waals surface area (Å²) in [5, 5.41) is 7.43. The molecule has 13 nitrogen and oxygen atoms in total. The number of nitrogens with one attached hydrogen (secondary N) is 1. The molecule has 2 aromatic carbocycles. The second-order valence-electron chi connectivity index (χ2n) is 12.8. The minimum Gasteiger partial charge on any atom is -0.494 e. The minimum absolute atomic E-state index is 0.114. The summed E-state index contributed by atoms with van der Waals surface area (Å²) in [6.07, 6.45) is 6.04. The van der Waals surface area contributed by atoms with Crippen LogP contribution in [0, 0.1) is 11.6 Å². The van der Waals surface area contributed by atoms with Gasteiger partial charge in [-0.25, -0.2) is 23.5 Å². The van der Waals surface area contributed by atoms with Gasteiger partial charge in [0.1, 0.15) is 24.6 Å². The average molecular weight is 696 g/mol. The Morgan fingerprint density at radius 1 is 0.960 bits per heavy atom. The van der Waals surface area contributed by atoms with Gasteiger partial charge in [-0.1, -0.05) is 0 Å². The number of amides is 1. The summed E-state index contributed by atoms with van der Waals surface area (Å²) in [6.45, 7) is 11.2. The third kappa shape index (κ3) is 8.62. The molecular weight excluding hydrogens is 652 g/mol. The lowest BCUT2D eigenvalue weighted by molar-refractivity contribution is 0.00563. The Bertz CT molecular complexity index is 1710. The van der Waals surface area contributed by atoms with Crippen molar-refractivity contribution in [2.24, 2.45) is 0 Å². The van der Waals surface area contributed by atoms with E-state index in [9.17, 15) is 13.6 Å². The molecule has 2 atom stereocenters. The molecule has 1 amide bonds. The van der Waals surface area contributed by atoms with Crippen molar-refractivity contribution in [2.75, 3.05) is 44.1 Å². The molecule has 1 aliphatic heterocycles. The molecule has 268 valence electrons. The molecule has 1 N–H and O–H groups in total. The van der Waals surface area contributed by atoms with Crippen LogP contribution >= 0.6 is 0 Å². The number of benzene rings is 2. The van der Waals surface area contributed by atoms with E-state index in [2.05, 4.69) is 25.3 Å². The van der Waals surface area contributed by atoms with Gasteiger partial charge >= 0.3 is 6.09 Å². The number of carbonyl (C=O) groups excluding carboxylic acids is 1. The maximum absolute atomic E-state index is 14.7. The summed E-state index contributed by atoms with van der Waals surface area (Å²) in [5.74, 6) is -1.01. The molecule has 1 fully saturated rings. The zero-order valence-corrected chi connectivity index (χ0v) is 29.3. The van der Waals surface area contributed by atoms with E-state index >= 15 is 0 Å². The molecule has 50 heavy (non-hydrogen) atoms. The van der Waals surface area contributed by atoms with Crippen molar-refractivity contribution in [1.82, 2.24) is 24.6 Å². The molecule has 0 unspecified atom stereocenters. The van der Waals surface area contributed by atoms with Crippen LogP contribution in [-0.2, 0) is 17.9 Å². The van der Waals surface area contributed by atoms with Crippen molar-refractivity contribution in [3.63, 3.8) is 0 Å². The number of hydrogen-bond acceptors (Lipinski definition) is 11. The van der Waals surface area contributed by atoms with Crippen molar-refractivity contribution in [3.05, 3.63) is 72.3 Å². The van der Waals surface area contributed by atoms with Gasteiger partial charge in [0.05, 0.1) is 56.5 Å². The second-order valence-corrected chi connectivity index (χ2v) is 12.8. The largest absolute Gasteiger partial charge is 0.494 e. The standard InChI is InChI=1S/C35H43F2N7O6/c1-22-19-42(20-23(2)44(22)34(45)50-35(3,4)5)27-10-9-24(15-28(27)48-14-13-43-12-8-11-40-43)41-33-38-17-25(18-39-33)49-21-26-31(36)29(46-6)16-30(47-7)32(26)37/h8-12,15-18,22-23H,13-14,19-21H2,1-7H3,(H,38,39,41)/t22-,23+. The molecule has 0 radical (unpaired) electrons. The molecule has 4 aromatic rings. The zero-order chi connectivity index (χ0) is 36.0. The first-order chi connectivity index (χ1) is 23.9. The number of hydrogen-bond donors (Lipinski definition) is 1. The van der Waals surface area contributed by atoms with E-state index in [1.807, 2.05) is 65.1 Å². The van der Waals surface area contributed by atoms with E-state index in [1.54, 1.807) is 15.8 Å². The molecule has 1 saturated heterocycles. The fourth-order valence-corrected chi connectivity index (χ4v) is 5.65. The number of nitrogens with zero attached hydrogens (tertiary/aromatic N) is 6. The van der Waals surface area contributed by atoms with Gasteiger partial charge < -0.3 is 33.9 Å². The van der Waals surface area contributed by atoms with Gasteiger partial charge in [-0.2, -0.15) is 5.10 Å². The summed E-state index contributed by atoms with van der Waals surface area (Å²) in [6, 6.07) is 8.47. The topological polar surface area (TPSA) is 125 Å². The number of aromatic nitrogens is 4. The summed E-state index contributed by atoms with van der Waals surface area (Å²) in [7, 11) is 2.56. The van der Waals surface area contributed by atoms with Crippen LogP contribution in [0.4, 0.5) is 30.9 Å². The van der Waals surface area contributed by atoms with Gasteiger partial charge in [-0.15, -0.1) is 0 Å². The number of carbonyl (C=O) groups is 1. The van der Waals surface area contributed by atoms with Gasteiger partial charge in [-0.3, -0.25) is 9.58 Å². The van der Waals surface area contributed by atoms with Crippen LogP contribution in [0.25, 0.3) is 0 Å². The Morgan fingerprint density at radius 2 is 1.62 bits per heavy atom. The van der Waals surface area contributed by atoms with Crippen molar-refractivity contribution in [3.8, 4) is 23.0 Å². The van der Waals surface area contributed by atoms with Gasteiger partial charge in [0.15, 0.2) is 28.9 Å². The minimum atomic E-state index is -0.884. The normalized spacial score (nSPS) is 16.2. The second kappa shape index (κ2) is 15.5. The van der Waals surface area contributed by atoms with E-state index in [0.29, 0.717) is 37.7 Å². The Morgan fingerprint density at radius 3 is 2.20 bits per heavy atom. The molecule has 0 aliphatic carbocycles. The Kier molecular flexibility index (Phi) is 11.1. The predicted molar refractivity (Wildman–Crippen MR) is 182 cm³/mol. The number of methoxy groups -OCH3 is 2. The van der Waals surface area contributed by atoms with Crippen LogP contribution in [0.15, 0.2) is 55.1 Å². The highest BCUT2D eigenvalue weighted by atomic mass is 19.1. The molecular formula is C35H43F2N7O6. The Hall–Kier alpha value is -5.34. The van der Waals surface area contributed by atoms with Gasteiger partial charge in [0, 0.05) is 43.3 Å². The number of ether oxygens (including phenoxy) is 5. The average Bonchev–Trinajstić information content (AvgIpc) is 3.58. The molecule has 0 saturated carbocycles. The van der Waals surface area contributed by atoms with Gasteiger partial charge in [0.25, 0.3) is 0 Å². The first-order valence-corrected chi connectivity index (χ1v) is 16.2. The van der Waals surface area contributed by atoms with Crippen LogP contribution in [0.5, 0.6) is 23.0 Å².